The van der Waals surface area contributed by atoms with Crippen LogP contribution in [-0.2, 0) is 4.79 Å². The smallest absolute Gasteiger partial charge is 0.257 e. The molecule has 1 fully saturated rings. The molecule has 2 aromatic rings. The summed E-state index contributed by atoms with van der Waals surface area (Å²) in [5, 5.41) is 2.75. The van der Waals surface area contributed by atoms with Crippen molar-refractivity contribution in [2.75, 3.05) is 52.3 Å². The molecular formula is C21H24FN3O4. The number of anilines is 1. The normalized spacial score (nSPS) is 14.4. The molecule has 0 bridgehead atoms. The number of hydrogen-bond donors (Lipinski definition) is 1. The highest BCUT2D eigenvalue weighted by Crippen LogP contribution is 2.26. The Labute approximate surface area is 169 Å². The van der Waals surface area contributed by atoms with Gasteiger partial charge in [-0.3, -0.25) is 14.5 Å². The summed E-state index contributed by atoms with van der Waals surface area (Å²) in [5.74, 6) is 0.455. The van der Waals surface area contributed by atoms with Crippen LogP contribution in [-0.4, -0.2) is 68.6 Å². The minimum Gasteiger partial charge on any atom is -0.497 e. The third-order valence-corrected chi connectivity index (χ3v) is 4.79. The molecule has 0 aromatic heterocycles. The average Bonchev–Trinajstić information content (AvgIpc) is 2.75. The van der Waals surface area contributed by atoms with E-state index in [2.05, 4.69) is 5.32 Å². The van der Waals surface area contributed by atoms with Crippen LogP contribution < -0.4 is 14.8 Å². The van der Waals surface area contributed by atoms with Gasteiger partial charge in [0.05, 0.1) is 26.3 Å². The van der Waals surface area contributed by atoms with Gasteiger partial charge in [-0.2, -0.15) is 0 Å². The van der Waals surface area contributed by atoms with Crippen molar-refractivity contribution < 1.29 is 23.5 Å². The molecule has 0 radical (unpaired) electrons. The predicted molar refractivity (Wildman–Crippen MR) is 107 cm³/mol. The van der Waals surface area contributed by atoms with Crippen molar-refractivity contribution in [3.8, 4) is 11.5 Å². The number of nitrogens with zero attached hydrogens (tertiary/aromatic N) is 2. The zero-order valence-corrected chi connectivity index (χ0v) is 16.5. The predicted octanol–water partition coefficient (Wildman–Crippen LogP) is 2.24. The molecule has 1 N–H and O–H groups in total. The van der Waals surface area contributed by atoms with E-state index in [4.69, 9.17) is 9.47 Å². The van der Waals surface area contributed by atoms with Crippen LogP contribution in [0.5, 0.6) is 11.5 Å². The third-order valence-electron chi connectivity index (χ3n) is 4.79. The fourth-order valence-corrected chi connectivity index (χ4v) is 3.19. The molecule has 3 rings (SSSR count). The molecule has 1 heterocycles. The Morgan fingerprint density at radius 1 is 1.00 bits per heavy atom. The third kappa shape index (κ3) is 5.23. The van der Waals surface area contributed by atoms with Gasteiger partial charge < -0.3 is 19.7 Å². The van der Waals surface area contributed by atoms with Gasteiger partial charge in [-0.05, 0) is 36.4 Å². The van der Waals surface area contributed by atoms with Gasteiger partial charge in [0.15, 0.2) is 0 Å². The standard InChI is InChI=1S/C21H24FN3O4/c1-28-17-7-8-18(19(13-17)29-2)21(27)25-11-9-24(10-12-25)14-20(26)23-16-5-3-15(22)4-6-16/h3-8,13H,9-12,14H2,1-2H3,(H,23,26). The number of methoxy groups -OCH3 is 2. The molecule has 1 aliphatic rings. The van der Waals surface area contributed by atoms with Gasteiger partial charge in [-0.15, -0.1) is 0 Å². The summed E-state index contributed by atoms with van der Waals surface area (Å²) in [6.45, 7) is 2.41. The van der Waals surface area contributed by atoms with Crippen molar-refractivity contribution in [3.05, 3.63) is 53.8 Å². The number of halogens is 1. The molecule has 1 aliphatic heterocycles. The number of carbonyl (C=O) groups is 2. The van der Waals surface area contributed by atoms with E-state index < -0.39 is 0 Å². The lowest BCUT2D eigenvalue weighted by Crippen LogP contribution is -2.50. The summed E-state index contributed by atoms with van der Waals surface area (Å²) in [7, 11) is 3.07. The molecule has 29 heavy (non-hydrogen) atoms. The second-order valence-corrected chi connectivity index (χ2v) is 6.69. The summed E-state index contributed by atoms with van der Waals surface area (Å²) in [5.41, 5.74) is 1.03. The lowest BCUT2D eigenvalue weighted by Gasteiger charge is -2.34. The number of rotatable bonds is 6. The SMILES string of the molecule is COc1ccc(C(=O)N2CCN(CC(=O)Nc3ccc(F)cc3)CC2)c(OC)c1. The van der Waals surface area contributed by atoms with Gasteiger partial charge in [0, 0.05) is 37.9 Å². The highest BCUT2D eigenvalue weighted by Gasteiger charge is 2.25. The van der Waals surface area contributed by atoms with Crippen LogP contribution in [0.25, 0.3) is 0 Å². The molecule has 0 aliphatic carbocycles. The second kappa shape index (κ2) is 9.38. The molecule has 2 aromatic carbocycles. The monoisotopic (exact) mass is 401 g/mol. The van der Waals surface area contributed by atoms with E-state index in [1.54, 1.807) is 30.2 Å². The number of benzene rings is 2. The number of nitrogens with one attached hydrogen (secondary N) is 1. The van der Waals surface area contributed by atoms with Crippen LogP contribution in [0.2, 0.25) is 0 Å². The van der Waals surface area contributed by atoms with Crippen molar-refractivity contribution in [3.63, 3.8) is 0 Å². The highest BCUT2D eigenvalue weighted by molar-refractivity contribution is 5.97. The number of amides is 2. The molecule has 154 valence electrons. The van der Waals surface area contributed by atoms with E-state index in [9.17, 15) is 14.0 Å². The van der Waals surface area contributed by atoms with E-state index in [0.29, 0.717) is 48.9 Å². The van der Waals surface area contributed by atoms with Crippen LogP contribution >= 0.6 is 0 Å². The first kappa shape index (κ1) is 20.6. The first-order valence-corrected chi connectivity index (χ1v) is 9.29. The topological polar surface area (TPSA) is 71.1 Å². The molecule has 1 saturated heterocycles. The van der Waals surface area contributed by atoms with E-state index in [-0.39, 0.29) is 24.2 Å². The van der Waals surface area contributed by atoms with Crippen LogP contribution in [0.3, 0.4) is 0 Å². The molecular weight excluding hydrogens is 377 g/mol. The van der Waals surface area contributed by atoms with E-state index in [0.717, 1.165) is 0 Å². The molecule has 7 nitrogen and oxygen atoms in total. The Kier molecular flexibility index (Phi) is 6.66. The number of hydrogen-bond acceptors (Lipinski definition) is 5. The number of carbonyl (C=O) groups excluding carboxylic acids is 2. The van der Waals surface area contributed by atoms with Gasteiger partial charge in [0.1, 0.15) is 17.3 Å². The van der Waals surface area contributed by atoms with Gasteiger partial charge in [0.2, 0.25) is 5.91 Å². The fraction of sp³-hybridized carbons (Fsp3) is 0.333. The first-order chi connectivity index (χ1) is 14.0. The Balaban J connectivity index is 1.53. The van der Waals surface area contributed by atoms with E-state index in [1.807, 2.05) is 4.90 Å². The minimum atomic E-state index is -0.350. The fourth-order valence-electron chi connectivity index (χ4n) is 3.19. The summed E-state index contributed by atoms with van der Waals surface area (Å²) < 4.78 is 23.4. The Morgan fingerprint density at radius 3 is 2.31 bits per heavy atom. The maximum Gasteiger partial charge on any atom is 0.257 e. The highest BCUT2D eigenvalue weighted by atomic mass is 19.1. The van der Waals surface area contributed by atoms with Crippen LogP contribution in [0.4, 0.5) is 10.1 Å². The maximum absolute atomic E-state index is 12.9. The Morgan fingerprint density at radius 2 is 1.69 bits per heavy atom. The summed E-state index contributed by atoms with van der Waals surface area (Å²) >= 11 is 0. The Hall–Kier alpha value is -3.13. The summed E-state index contributed by atoms with van der Waals surface area (Å²) in [6.07, 6.45) is 0. The van der Waals surface area contributed by atoms with Gasteiger partial charge in [-0.25, -0.2) is 4.39 Å². The summed E-state index contributed by atoms with van der Waals surface area (Å²) in [4.78, 5) is 28.8. The molecule has 8 heteroatoms. The quantitative estimate of drug-likeness (QED) is 0.804. The largest absolute Gasteiger partial charge is 0.497 e. The average molecular weight is 401 g/mol. The second-order valence-electron chi connectivity index (χ2n) is 6.69. The van der Waals surface area contributed by atoms with Crippen molar-refractivity contribution >= 4 is 17.5 Å². The summed E-state index contributed by atoms with van der Waals surface area (Å²) in [6, 6.07) is 10.7. The zero-order valence-electron chi connectivity index (χ0n) is 16.5. The zero-order chi connectivity index (χ0) is 20.8. The van der Waals surface area contributed by atoms with Crippen molar-refractivity contribution in [2.45, 2.75) is 0 Å². The minimum absolute atomic E-state index is 0.111. The molecule has 0 atom stereocenters. The lowest BCUT2D eigenvalue weighted by atomic mass is 10.1. The van der Waals surface area contributed by atoms with Crippen LogP contribution in [0.15, 0.2) is 42.5 Å². The lowest BCUT2D eigenvalue weighted by molar-refractivity contribution is -0.117. The number of piperazine rings is 1. The first-order valence-electron chi connectivity index (χ1n) is 9.29. The van der Waals surface area contributed by atoms with Crippen molar-refractivity contribution in [1.29, 1.82) is 0 Å². The van der Waals surface area contributed by atoms with Gasteiger partial charge >= 0.3 is 0 Å². The molecule has 0 spiro atoms. The Bertz CT molecular complexity index is 865. The molecule has 0 unspecified atom stereocenters. The van der Waals surface area contributed by atoms with E-state index in [1.165, 1.54) is 31.4 Å². The number of ether oxygens (including phenoxy) is 2. The van der Waals surface area contributed by atoms with E-state index >= 15 is 0 Å². The van der Waals surface area contributed by atoms with Crippen LogP contribution in [0, 0.1) is 5.82 Å². The maximum atomic E-state index is 12.9. The van der Waals surface area contributed by atoms with Crippen LogP contribution in [0.1, 0.15) is 10.4 Å². The van der Waals surface area contributed by atoms with Gasteiger partial charge in [-0.1, -0.05) is 0 Å². The molecule has 2 amide bonds. The molecule has 0 saturated carbocycles. The van der Waals surface area contributed by atoms with Gasteiger partial charge in [0.25, 0.3) is 5.91 Å². The van der Waals surface area contributed by atoms with Crippen molar-refractivity contribution in [1.82, 2.24) is 9.80 Å². The van der Waals surface area contributed by atoms with Crippen molar-refractivity contribution in [2.24, 2.45) is 0 Å².